The first kappa shape index (κ1) is 35.0. The molecule has 0 amide bonds. The van der Waals surface area contributed by atoms with E-state index in [-0.39, 0.29) is 0 Å². The maximum Gasteiger partial charge on any atom is 0.258 e. The molecule has 6 aromatic carbocycles. The molecule has 2 aliphatic carbocycles. The highest BCUT2D eigenvalue weighted by molar-refractivity contribution is 8.00. The largest absolute Gasteiger partial charge is 0.336 e. The van der Waals surface area contributed by atoms with Crippen LogP contribution in [0.3, 0.4) is 0 Å². The molecule has 0 unspecified atom stereocenters. The van der Waals surface area contributed by atoms with E-state index in [4.69, 9.17) is 9.51 Å². The summed E-state index contributed by atoms with van der Waals surface area (Å²) in [5.74, 6) is 2.12. The van der Waals surface area contributed by atoms with Crippen LogP contribution in [0, 0.1) is 27.7 Å². The van der Waals surface area contributed by atoms with Gasteiger partial charge in [-0.15, -0.1) is 0 Å². The van der Waals surface area contributed by atoms with Crippen molar-refractivity contribution < 1.29 is 4.52 Å². The Hall–Kier alpha value is -5.24. The van der Waals surface area contributed by atoms with Crippen molar-refractivity contribution in [3.05, 3.63) is 155 Å². The summed E-state index contributed by atoms with van der Waals surface area (Å²) in [6, 6.07) is 46.0. The van der Waals surface area contributed by atoms with Crippen molar-refractivity contribution in [2.24, 2.45) is 0 Å². The Kier molecular flexibility index (Phi) is 8.41. The van der Waals surface area contributed by atoms with Gasteiger partial charge in [0.25, 0.3) is 5.89 Å². The van der Waals surface area contributed by atoms with Crippen molar-refractivity contribution in [3.8, 4) is 22.8 Å². The maximum atomic E-state index is 5.87. The maximum absolute atomic E-state index is 5.87. The van der Waals surface area contributed by atoms with Gasteiger partial charge in [0.1, 0.15) is 0 Å². The molecular weight excluding hydrogens is 737 g/mol. The fourth-order valence-corrected chi connectivity index (χ4v) is 11.9. The molecule has 0 saturated heterocycles. The SMILES string of the molecule is Cc1ccc2c(c1)Sc1cc(C)ccc1N2C1CC(c2cc(-c3noc(-c4ccccc4)n3)cc(C3CC(N4c5ccc(C)cc5Sc5cc(C)ccc54)C3)c2)C1. The van der Waals surface area contributed by atoms with Crippen molar-refractivity contribution in [2.45, 2.75) is 96.9 Å². The van der Waals surface area contributed by atoms with Crippen LogP contribution in [-0.2, 0) is 0 Å². The number of hydrogen-bond acceptors (Lipinski definition) is 7. The van der Waals surface area contributed by atoms with Crippen LogP contribution >= 0.6 is 23.5 Å². The summed E-state index contributed by atoms with van der Waals surface area (Å²) < 4.78 is 5.87. The molecule has 0 atom stereocenters. The molecule has 2 saturated carbocycles. The molecule has 5 nitrogen and oxygen atoms in total. The van der Waals surface area contributed by atoms with Crippen LogP contribution in [0.5, 0.6) is 0 Å². The minimum Gasteiger partial charge on any atom is -0.336 e. The van der Waals surface area contributed by atoms with Crippen LogP contribution in [-0.4, -0.2) is 22.2 Å². The lowest BCUT2D eigenvalue weighted by Crippen LogP contribution is -2.43. The molecular formula is C50H44N4OS2. The average molecular weight is 781 g/mol. The highest BCUT2D eigenvalue weighted by Gasteiger charge is 2.42. The van der Waals surface area contributed by atoms with Crippen molar-refractivity contribution in [1.29, 1.82) is 0 Å². The number of benzene rings is 6. The smallest absolute Gasteiger partial charge is 0.258 e. The molecule has 0 spiro atoms. The van der Waals surface area contributed by atoms with Gasteiger partial charge in [0.05, 0.1) is 22.7 Å². The molecule has 3 heterocycles. The van der Waals surface area contributed by atoms with Crippen molar-refractivity contribution in [2.75, 3.05) is 9.80 Å². The number of hydrogen-bond donors (Lipinski definition) is 0. The van der Waals surface area contributed by atoms with Crippen LogP contribution in [0.4, 0.5) is 22.7 Å². The van der Waals surface area contributed by atoms with Crippen LogP contribution in [0.1, 0.15) is 70.9 Å². The van der Waals surface area contributed by atoms with Gasteiger partial charge in [-0.25, -0.2) is 0 Å². The van der Waals surface area contributed by atoms with Gasteiger partial charge in [-0.1, -0.05) is 77.2 Å². The second-order valence-corrected chi connectivity index (χ2v) is 18.8. The molecule has 4 aliphatic rings. The van der Waals surface area contributed by atoms with Gasteiger partial charge in [-0.3, -0.25) is 0 Å². The first-order chi connectivity index (χ1) is 27.8. The van der Waals surface area contributed by atoms with Gasteiger partial charge in [-0.05, 0) is 171 Å². The van der Waals surface area contributed by atoms with Gasteiger partial charge in [0.15, 0.2) is 0 Å². The second-order valence-electron chi connectivity index (χ2n) is 16.7. The highest BCUT2D eigenvalue weighted by Crippen LogP contribution is 2.56. The van der Waals surface area contributed by atoms with E-state index in [0.29, 0.717) is 35.6 Å². The van der Waals surface area contributed by atoms with E-state index in [2.05, 4.69) is 134 Å². The predicted molar refractivity (Wildman–Crippen MR) is 234 cm³/mol. The van der Waals surface area contributed by atoms with Crippen LogP contribution < -0.4 is 9.80 Å². The number of aromatic nitrogens is 2. The van der Waals surface area contributed by atoms with Gasteiger partial charge in [-0.2, -0.15) is 4.98 Å². The molecule has 0 radical (unpaired) electrons. The first-order valence-electron chi connectivity index (χ1n) is 20.2. The number of aryl methyl sites for hydroxylation is 4. The van der Waals surface area contributed by atoms with Gasteiger partial charge < -0.3 is 14.3 Å². The summed E-state index contributed by atoms with van der Waals surface area (Å²) >= 11 is 3.83. The van der Waals surface area contributed by atoms with Gasteiger partial charge in [0, 0.05) is 42.8 Å². The van der Waals surface area contributed by atoms with Crippen molar-refractivity contribution in [1.82, 2.24) is 10.1 Å². The van der Waals surface area contributed by atoms with Gasteiger partial charge >= 0.3 is 0 Å². The first-order valence-corrected chi connectivity index (χ1v) is 21.9. The Labute approximate surface area is 343 Å². The Balaban J connectivity index is 0.918. The van der Waals surface area contributed by atoms with E-state index >= 15 is 0 Å². The highest BCUT2D eigenvalue weighted by atomic mass is 32.2. The Morgan fingerprint density at radius 3 is 1.33 bits per heavy atom. The molecule has 2 fully saturated rings. The molecule has 7 aromatic rings. The number of anilines is 4. The van der Waals surface area contributed by atoms with Crippen LogP contribution in [0.15, 0.2) is 145 Å². The fraction of sp³-hybridized carbons (Fsp3) is 0.240. The quantitative estimate of drug-likeness (QED) is 0.166. The van der Waals surface area contributed by atoms with E-state index in [1.807, 2.05) is 53.9 Å². The third-order valence-corrected chi connectivity index (χ3v) is 14.7. The summed E-state index contributed by atoms with van der Waals surface area (Å²) in [5, 5.41) is 4.55. The lowest BCUT2D eigenvalue weighted by molar-refractivity contribution is 0.338. The van der Waals surface area contributed by atoms with E-state index in [1.165, 1.54) is 75.7 Å². The molecule has 2 aliphatic heterocycles. The number of fused-ring (bicyclic) bond motifs is 4. The van der Waals surface area contributed by atoms with Crippen LogP contribution in [0.25, 0.3) is 22.8 Å². The topological polar surface area (TPSA) is 45.4 Å². The van der Waals surface area contributed by atoms with E-state index in [1.54, 1.807) is 0 Å². The summed E-state index contributed by atoms with van der Waals surface area (Å²) in [5.41, 5.74) is 15.3. The van der Waals surface area contributed by atoms with E-state index in [9.17, 15) is 0 Å². The van der Waals surface area contributed by atoms with Gasteiger partial charge in [0.2, 0.25) is 5.82 Å². The zero-order valence-electron chi connectivity index (χ0n) is 32.7. The summed E-state index contributed by atoms with van der Waals surface area (Å²) in [4.78, 5) is 15.6. The van der Waals surface area contributed by atoms with Crippen LogP contribution in [0.2, 0.25) is 0 Å². The lowest BCUT2D eigenvalue weighted by atomic mass is 9.70. The minimum absolute atomic E-state index is 0.429. The third-order valence-electron chi connectivity index (χ3n) is 12.5. The zero-order valence-corrected chi connectivity index (χ0v) is 34.3. The fourth-order valence-electron chi connectivity index (χ4n) is 9.35. The molecule has 7 heteroatoms. The second kappa shape index (κ2) is 13.7. The molecule has 0 bridgehead atoms. The Bertz CT molecular complexity index is 2450. The third kappa shape index (κ3) is 6.18. The summed E-state index contributed by atoms with van der Waals surface area (Å²) in [6.45, 7) is 8.79. The Morgan fingerprint density at radius 2 is 0.912 bits per heavy atom. The standard InChI is InChI=1S/C50H44N4OS2/c1-29-10-14-41-45(18-29)56-46-19-30(2)11-15-42(46)53(41)39-25-36(26-39)34-22-35(24-38(23-34)49-51-50(55-52-49)33-8-6-5-7-9-33)37-27-40(28-37)54-43-16-12-31(3)20-47(43)57-48-21-32(4)13-17-44(48)54/h5-24,36-37,39-40H,25-28H2,1-4H3. The predicted octanol–water partition coefficient (Wildman–Crippen LogP) is 13.7. The summed E-state index contributed by atoms with van der Waals surface area (Å²) in [6.07, 6.45) is 4.39. The lowest BCUT2D eigenvalue weighted by Gasteiger charge is -2.48. The molecule has 11 rings (SSSR count). The minimum atomic E-state index is 0.429. The average Bonchev–Trinajstić information content (AvgIpc) is 3.67. The van der Waals surface area contributed by atoms with E-state index < -0.39 is 0 Å². The molecule has 282 valence electrons. The normalized spacial score (nSPS) is 20.5. The molecule has 0 N–H and O–H groups in total. The van der Waals surface area contributed by atoms with Crippen molar-refractivity contribution >= 4 is 46.3 Å². The molecule has 1 aromatic heterocycles. The monoisotopic (exact) mass is 780 g/mol. The Morgan fingerprint density at radius 1 is 0.491 bits per heavy atom. The van der Waals surface area contributed by atoms with Crippen molar-refractivity contribution in [3.63, 3.8) is 0 Å². The van der Waals surface area contributed by atoms with E-state index in [0.717, 1.165) is 36.8 Å². The number of nitrogens with zero attached hydrogens (tertiary/aromatic N) is 4. The molecule has 57 heavy (non-hydrogen) atoms. The zero-order chi connectivity index (χ0) is 38.4. The summed E-state index contributed by atoms with van der Waals surface area (Å²) in [7, 11) is 0. The number of rotatable bonds is 6.